The van der Waals surface area contributed by atoms with Gasteiger partial charge in [-0.1, -0.05) is 25.1 Å². The summed E-state index contributed by atoms with van der Waals surface area (Å²) in [7, 11) is 0. The average molecular weight is 261 g/mol. The van der Waals surface area contributed by atoms with Gasteiger partial charge in [0.05, 0.1) is 12.7 Å². The second kappa shape index (κ2) is 5.51. The summed E-state index contributed by atoms with van der Waals surface area (Å²) < 4.78 is 11.5. The van der Waals surface area contributed by atoms with Crippen LogP contribution in [0.1, 0.15) is 37.7 Å². The highest BCUT2D eigenvalue weighted by molar-refractivity contribution is 5.37. The highest BCUT2D eigenvalue weighted by atomic mass is 16.5. The zero-order chi connectivity index (χ0) is 13.2. The summed E-state index contributed by atoms with van der Waals surface area (Å²) >= 11 is 0. The predicted molar refractivity (Wildman–Crippen MR) is 75.4 cm³/mol. The minimum absolute atomic E-state index is 0.133. The zero-order valence-corrected chi connectivity index (χ0v) is 11.5. The number of nitrogens with two attached hydrogens (primary N) is 1. The molecule has 0 saturated carbocycles. The number of rotatable bonds is 3. The van der Waals surface area contributed by atoms with E-state index in [2.05, 4.69) is 25.1 Å². The Kier molecular flexibility index (Phi) is 3.76. The highest BCUT2D eigenvalue weighted by Gasteiger charge is 2.32. The SMILES string of the molecule is CC1CCOC1C(N)CC1CCOc2ccccc21. The summed E-state index contributed by atoms with van der Waals surface area (Å²) in [4.78, 5) is 0. The first-order valence-electron chi connectivity index (χ1n) is 7.34. The molecule has 1 aromatic carbocycles. The lowest BCUT2D eigenvalue weighted by Crippen LogP contribution is -2.39. The molecule has 19 heavy (non-hydrogen) atoms. The number of benzene rings is 1. The van der Waals surface area contributed by atoms with Gasteiger partial charge in [-0.3, -0.25) is 0 Å². The molecule has 4 atom stereocenters. The molecule has 0 spiro atoms. The molecule has 4 unspecified atom stereocenters. The third-order valence-corrected chi connectivity index (χ3v) is 4.51. The molecule has 0 aliphatic carbocycles. The molecule has 104 valence electrons. The van der Waals surface area contributed by atoms with Gasteiger partial charge in [-0.2, -0.15) is 0 Å². The van der Waals surface area contributed by atoms with E-state index in [1.807, 2.05) is 6.07 Å². The fraction of sp³-hybridized carbons (Fsp3) is 0.625. The van der Waals surface area contributed by atoms with Crippen molar-refractivity contribution in [2.75, 3.05) is 13.2 Å². The van der Waals surface area contributed by atoms with Crippen molar-refractivity contribution in [2.24, 2.45) is 11.7 Å². The van der Waals surface area contributed by atoms with Crippen LogP contribution in [0.2, 0.25) is 0 Å². The van der Waals surface area contributed by atoms with Crippen molar-refractivity contribution < 1.29 is 9.47 Å². The molecule has 0 aromatic heterocycles. The summed E-state index contributed by atoms with van der Waals surface area (Å²) in [5, 5.41) is 0. The third kappa shape index (κ3) is 2.63. The van der Waals surface area contributed by atoms with E-state index in [0.29, 0.717) is 11.8 Å². The topological polar surface area (TPSA) is 44.5 Å². The van der Waals surface area contributed by atoms with Crippen LogP contribution in [0.4, 0.5) is 0 Å². The van der Waals surface area contributed by atoms with E-state index in [0.717, 1.165) is 38.2 Å². The molecule has 3 heteroatoms. The van der Waals surface area contributed by atoms with E-state index in [4.69, 9.17) is 15.2 Å². The van der Waals surface area contributed by atoms with Crippen molar-refractivity contribution in [3.05, 3.63) is 29.8 Å². The van der Waals surface area contributed by atoms with Crippen LogP contribution in [-0.4, -0.2) is 25.4 Å². The van der Waals surface area contributed by atoms with Crippen molar-refractivity contribution in [2.45, 2.75) is 44.2 Å². The van der Waals surface area contributed by atoms with Gasteiger partial charge in [0.15, 0.2) is 0 Å². The van der Waals surface area contributed by atoms with Gasteiger partial charge in [-0.25, -0.2) is 0 Å². The standard InChI is InChI=1S/C16H23NO2/c1-11-6-8-19-16(11)14(17)10-12-7-9-18-15-5-3-2-4-13(12)15/h2-5,11-12,14,16H,6-10,17H2,1H3. The Morgan fingerprint density at radius 3 is 2.89 bits per heavy atom. The van der Waals surface area contributed by atoms with Crippen molar-refractivity contribution in [3.63, 3.8) is 0 Å². The van der Waals surface area contributed by atoms with Crippen LogP contribution in [0.5, 0.6) is 5.75 Å². The average Bonchev–Trinajstić information content (AvgIpc) is 2.85. The quantitative estimate of drug-likeness (QED) is 0.910. The van der Waals surface area contributed by atoms with Gasteiger partial charge >= 0.3 is 0 Å². The lowest BCUT2D eigenvalue weighted by molar-refractivity contribution is 0.0665. The van der Waals surface area contributed by atoms with E-state index in [-0.39, 0.29) is 12.1 Å². The summed E-state index contributed by atoms with van der Waals surface area (Å²) in [6, 6.07) is 8.48. The number of hydrogen-bond donors (Lipinski definition) is 1. The lowest BCUT2D eigenvalue weighted by atomic mass is 9.84. The van der Waals surface area contributed by atoms with Crippen LogP contribution in [0, 0.1) is 5.92 Å². The molecule has 0 amide bonds. The molecule has 1 aromatic rings. The maximum atomic E-state index is 6.39. The predicted octanol–water partition coefficient (Wildman–Crippen LogP) is 2.70. The minimum Gasteiger partial charge on any atom is -0.493 e. The second-order valence-corrected chi connectivity index (χ2v) is 5.87. The molecule has 2 N–H and O–H groups in total. The maximum Gasteiger partial charge on any atom is 0.122 e. The van der Waals surface area contributed by atoms with Crippen molar-refractivity contribution >= 4 is 0 Å². The molecule has 2 aliphatic rings. The van der Waals surface area contributed by atoms with Crippen LogP contribution in [0.3, 0.4) is 0 Å². The van der Waals surface area contributed by atoms with E-state index < -0.39 is 0 Å². The summed E-state index contributed by atoms with van der Waals surface area (Å²) in [5.41, 5.74) is 7.71. The summed E-state index contributed by atoms with van der Waals surface area (Å²) in [6.07, 6.45) is 3.43. The van der Waals surface area contributed by atoms with E-state index in [9.17, 15) is 0 Å². The molecule has 3 nitrogen and oxygen atoms in total. The number of hydrogen-bond acceptors (Lipinski definition) is 3. The number of ether oxygens (including phenoxy) is 2. The third-order valence-electron chi connectivity index (χ3n) is 4.51. The molecule has 1 saturated heterocycles. The van der Waals surface area contributed by atoms with E-state index >= 15 is 0 Å². The van der Waals surface area contributed by atoms with Gasteiger partial charge in [0.1, 0.15) is 5.75 Å². The van der Waals surface area contributed by atoms with Gasteiger partial charge in [-0.05, 0) is 42.7 Å². The molecule has 2 aliphatic heterocycles. The number of fused-ring (bicyclic) bond motifs is 1. The number of para-hydroxylation sites is 1. The Morgan fingerprint density at radius 1 is 1.26 bits per heavy atom. The Labute approximate surface area is 115 Å². The Morgan fingerprint density at radius 2 is 2.11 bits per heavy atom. The van der Waals surface area contributed by atoms with Gasteiger partial charge < -0.3 is 15.2 Å². The Bertz CT molecular complexity index is 435. The fourth-order valence-electron chi connectivity index (χ4n) is 3.39. The zero-order valence-electron chi connectivity index (χ0n) is 11.5. The molecule has 0 bridgehead atoms. The van der Waals surface area contributed by atoms with E-state index in [1.165, 1.54) is 5.56 Å². The minimum atomic E-state index is 0.133. The van der Waals surface area contributed by atoms with Crippen LogP contribution in [-0.2, 0) is 4.74 Å². The first-order valence-corrected chi connectivity index (χ1v) is 7.34. The van der Waals surface area contributed by atoms with Crippen LogP contribution >= 0.6 is 0 Å². The molecule has 3 rings (SSSR count). The molecule has 1 fully saturated rings. The molecular weight excluding hydrogens is 238 g/mol. The summed E-state index contributed by atoms with van der Waals surface area (Å²) in [6.45, 7) is 3.91. The van der Waals surface area contributed by atoms with Crippen molar-refractivity contribution in [1.29, 1.82) is 0 Å². The van der Waals surface area contributed by atoms with Crippen molar-refractivity contribution in [3.8, 4) is 5.75 Å². The van der Waals surface area contributed by atoms with Crippen LogP contribution < -0.4 is 10.5 Å². The fourth-order valence-corrected chi connectivity index (χ4v) is 3.39. The lowest BCUT2D eigenvalue weighted by Gasteiger charge is -2.30. The normalized spacial score (nSPS) is 31.6. The first-order chi connectivity index (χ1) is 9.25. The van der Waals surface area contributed by atoms with Crippen LogP contribution in [0.25, 0.3) is 0 Å². The smallest absolute Gasteiger partial charge is 0.122 e. The van der Waals surface area contributed by atoms with E-state index in [1.54, 1.807) is 0 Å². The molecule has 0 radical (unpaired) electrons. The second-order valence-electron chi connectivity index (χ2n) is 5.87. The monoisotopic (exact) mass is 261 g/mol. The van der Waals surface area contributed by atoms with Gasteiger partial charge in [0.25, 0.3) is 0 Å². The highest BCUT2D eigenvalue weighted by Crippen LogP contribution is 2.37. The van der Waals surface area contributed by atoms with Crippen molar-refractivity contribution in [1.82, 2.24) is 0 Å². The largest absolute Gasteiger partial charge is 0.493 e. The summed E-state index contributed by atoms with van der Waals surface area (Å²) in [5.74, 6) is 2.13. The molecular formula is C16H23NO2. The Balaban J connectivity index is 1.70. The van der Waals surface area contributed by atoms with Gasteiger partial charge in [0.2, 0.25) is 0 Å². The molecule has 2 heterocycles. The van der Waals surface area contributed by atoms with Crippen LogP contribution in [0.15, 0.2) is 24.3 Å². The maximum absolute atomic E-state index is 6.39. The van der Waals surface area contributed by atoms with Gasteiger partial charge in [0, 0.05) is 12.6 Å². The first kappa shape index (κ1) is 12.9. The Hall–Kier alpha value is -1.06. The van der Waals surface area contributed by atoms with Gasteiger partial charge in [-0.15, -0.1) is 0 Å².